The molecule has 28 heavy (non-hydrogen) atoms. The van der Waals surface area contributed by atoms with Gasteiger partial charge in [0, 0.05) is 25.6 Å². The quantitative estimate of drug-likeness (QED) is 0.514. The molecule has 0 aromatic heterocycles. The minimum atomic E-state index is -0.986. The molecule has 5 nitrogen and oxygen atoms in total. The van der Waals surface area contributed by atoms with Crippen molar-refractivity contribution >= 4 is 17.7 Å². The van der Waals surface area contributed by atoms with Gasteiger partial charge >= 0.3 is 5.97 Å². The molecule has 2 aromatic rings. The molecule has 0 heterocycles. The Hall–Kier alpha value is -3.02. The number of likely N-dealkylation sites (N-methyl/N-ethyl adjacent to an activating group) is 1. The maximum absolute atomic E-state index is 13.2. The molecule has 1 atom stereocenters. The number of carbonyl (C=O) groups excluding carboxylic acids is 3. The van der Waals surface area contributed by atoms with Gasteiger partial charge in [0.15, 0.2) is 11.9 Å². The molecular weight excluding hydrogens is 361 g/mol. The van der Waals surface area contributed by atoms with Gasteiger partial charge in [0.2, 0.25) is 0 Å². The van der Waals surface area contributed by atoms with Crippen LogP contribution in [0.15, 0.2) is 48.5 Å². The standard InChI is InChI=1S/C22H24FNO4/c1-15-7-9-18(10-8-15)20(25)11-12-21(26)28-16(2)22(27)24(3)14-17-5-4-6-19(23)13-17/h4-10,13,16H,11-12,14H2,1-3H3. The zero-order chi connectivity index (χ0) is 20.7. The number of aryl methyl sites for hydroxylation is 1. The van der Waals surface area contributed by atoms with E-state index in [9.17, 15) is 18.8 Å². The lowest BCUT2D eigenvalue weighted by molar-refractivity contribution is -0.158. The van der Waals surface area contributed by atoms with E-state index in [1.165, 1.54) is 24.0 Å². The Morgan fingerprint density at radius 1 is 1.07 bits per heavy atom. The maximum Gasteiger partial charge on any atom is 0.307 e. The molecule has 1 amide bonds. The first kappa shape index (κ1) is 21.3. The second-order valence-corrected chi connectivity index (χ2v) is 6.75. The summed E-state index contributed by atoms with van der Waals surface area (Å²) >= 11 is 0. The summed E-state index contributed by atoms with van der Waals surface area (Å²) in [5.74, 6) is -1.54. The maximum atomic E-state index is 13.2. The number of ether oxygens (including phenoxy) is 1. The van der Waals surface area contributed by atoms with Crippen LogP contribution in [0, 0.1) is 12.7 Å². The van der Waals surface area contributed by atoms with Crippen LogP contribution in [0.4, 0.5) is 4.39 Å². The lowest BCUT2D eigenvalue weighted by atomic mass is 10.1. The molecule has 0 fully saturated rings. The number of Topliss-reactive ketones (excluding diaryl/α,β-unsaturated/α-hetero) is 1. The number of rotatable bonds is 8. The third-order valence-corrected chi connectivity index (χ3v) is 4.27. The molecule has 0 aliphatic heterocycles. The Bertz CT molecular complexity index is 848. The van der Waals surface area contributed by atoms with Gasteiger partial charge in [-0.25, -0.2) is 4.39 Å². The predicted octanol–water partition coefficient (Wildman–Crippen LogP) is 3.69. The van der Waals surface area contributed by atoms with Crippen LogP contribution in [0.1, 0.15) is 41.3 Å². The smallest absolute Gasteiger partial charge is 0.307 e. The summed E-state index contributed by atoms with van der Waals surface area (Å²) in [6.45, 7) is 3.60. The molecule has 2 aromatic carbocycles. The van der Waals surface area contributed by atoms with Crippen molar-refractivity contribution in [3.05, 3.63) is 71.0 Å². The van der Waals surface area contributed by atoms with E-state index in [0.717, 1.165) is 5.56 Å². The van der Waals surface area contributed by atoms with Crippen molar-refractivity contribution in [1.29, 1.82) is 0 Å². The van der Waals surface area contributed by atoms with Crippen LogP contribution >= 0.6 is 0 Å². The summed E-state index contributed by atoms with van der Waals surface area (Å²) in [7, 11) is 1.55. The second-order valence-electron chi connectivity index (χ2n) is 6.75. The number of amides is 1. The minimum absolute atomic E-state index is 0.0158. The average molecular weight is 385 g/mol. The van der Waals surface area contributed by atoms with Crippen molar-refractivity contribution in [3.8, 4) is 0 Å². The molecule has 0 saturated carbocycles. The van der Waals surface area contributed by atoms with Gasteiger partial charge < -0.3 is 9.64 Å². The van der Waals surface area contributed by atoms with Crippen molar-refractivity contribution in [3.63, 3.8) is 0 Å². The van der Waals surface area contributed by atoms with E-state index in [4.69, 9.17) is 4.74 Å². The van der Waals surface area contributed by atoms with Crippen molar-refractivity contribution < 1.29 is 23.5 Å². The van der Waals surface area contributed by atoms with Crippen LogP contribution in [0.2, 0.25) is 0 Å². The van der Waals surface area contributed by atoms with Gasteiger partial charge in [0.1, 0.15) is 5.82 Å². The summed E-state index contributed by atoms with van der Waals surface area (Å²) in [5, 5.41) is 0. The number of hydrogen-bond donors (Lipinski definition) is 0. The Labute approximate surface area is 164 Å². The van der Waals surface area contributed by atoms with Gasteiger partial charge in [-0.2, -0.15) is 0 Å². The molecule has 0 N–H and O–H groups in total. The van der Waals surface area contributed by atoms with Gasteiger partial charge in [-0.15, -0.1) is 0 Å². The van der Waals surface area contributed by atoms with E-state index in [1.807, 2.05) is 19.1 Å². The van der Waals surface area contributed by atoms with Crippen LogP contribution in [0.25, 0.3) is 0 Å². The molecule has 0 aliphatic carbocycles. The normalized spacial score (nSPS) is 11.6. The Balaban J connectivity index is 1.81. The van der Waals surface area contributed by atoms with Gasteiger partial charge in [-0.1, -0.05) is 42.0 Å². The SMILES string of the molecule is Cc1ccc(C(=O)CCC(=O)OC(C)C(=O)N(C)Cc2cccc(F)c2)cc1. The first-order valence-corrected chi connectivity index (χ1v) is 9.05. The number of halogens is 1. The van der Waals surface area contributed by atoms with E-state index in [0.29, 0.717) is 11.1 Å². The van der Waals surface area contributed by atoms with E-state index in [2.05, 4.69) is 0 Å². The van der Waals surface area contributed by atoms with Crippen LogP contribution in [-0.2, 0) is 20.9 Å². The molecular formula is C22H24FNO4. The lowest BCUT2D eigenvalue weighted by Crippen LogP contribution is -2.37. The molecule has 6 heteroatoms. The summed E-state index contributed by atoms with van der Waals surface area (Å²) in [6, 6.07) is 13.1. The Morgan fingerprint density at radius 3 is 2.39 bits per heavy atom. The summed E-state index contributed by atoms with van der Waals surface area (Å²) < 4.78 is 18.4. The van der Waals surface area contributed by atoms with Crippen molar-refractivity contribution in [2.24, 2.45) is 0 Å². The fraction of sp³-hybridized carbons (Fsp3) is 0.318. The highest BCUT2D eigenvalue weighted by Gasteiger charge is 2.22. The van der Waals surface area contributed by atoms with Gasteiger partial charge in [-0.3, -0.25) is 14.4 Å². The molecule has 0 spiro atoms. The van der Waals surface area contributed by atoms with Crippen LogP contribution < -0.4 is 0 Å². The van der Waals surface area contributed by atoms with E-state index < -0.39 is 18.0 Å². The average Bonchev–Trinajstić information content (AvgIpc) is 2.66. The molecule has 2 rings (SSSR count). The molecule has 1 unspecified atom stereocenters. The minimum Gasteiger partial charge on any atom is -0.453 e. The van der Waals surface area contributed by atoms with E-state index >= 15 is 0 Å². The van der Waals surface area contributed by atoms with Crippen molar-refractivity contribution in [2.45, 2.75) is 39.3 Å². The van der Waals surface area contributed by atoms with Crippen molar-refractivity contribution in [2.75, 3.05) is 7.05 Å². The fourth-order valence-corrected chi connectivity index (χ4v) is 2.70. The van der Waals surface area contributed by atoms with Gasteiger partial charge in [0.25, 0.3) is 5.91 Å². The number of benzene rings is 2. The zero-order valence-electron chi connectivity index (χ0n) is 16.3. The fourth-order valence-electron chi connectivity index (χ4n) is 2.70. The number of hydrogen-bond acceptors (Lipinski definition) is 4. The number of nitrogens with zero attached hydrogens (tertiary/aromatic N) is 1. The molecule has 0 saturated heterocycles. The second kappa shape index (κ2) is 9.78. The third kappa shape index (κ3) is 6.30. The van der Waals surface area contributed by atoms with Crippen LogP contribution in [0.3, 0.4) is 0 Å². The Kier molecular flexibility index (Phi) is 7.44. The largest absolute Gasteiger partial charge is 0.453 e. The first-order chi connectivity index (χ1) is 13.3. The highest BCUT2D eigenvalue weighted by atomic mass is 19.1. The van der Waals surface area contributed by atoms with E-state index in [1.54, 1.807) is 31.3 Å². The summed E-state index contributed by atoms with van der Waals surface area (Å²) in [6.07, 6.45) is -1.07. The topological polar surface area (TPSA) is 63.7 Å². The lowest BCUT2D eigenvalue weighted by Gasteiger charge is -2.21. The molecule has 0 aliphatic rings. The van der Waals surface area contributed by atoms with Crippen molar-refractivity contribution in [1.82, 2.24) is 4.90 Å². The highest BCUT2D eigenvalue weighted by molar-refractivity contribution is 5.97. The molecule has 0 radical (unpaired) electrons. The highest BCUT2D eigenvalue weighted by Crippen LogP contribution is 2.11. The summed E-state index contributed by atoms with van der Waals surface area (Å²) in [4.78, 5) is 37.8. The molecule has 148 valence electrons. The molecule has 0 bridgehead atoms. The first-order valence-electron chi connectivity index (χ1n) is 9.05. The van der Waals surface area contributed by atoms with Crippen LogP contribution in [-0.4, -0.2) is 35.7 Å². The zero-order valence-corrected chi connectivity index (χ0v) is 16.3. The van der Waals surface area contributed by atoms with E-state index in [-0.39, 0.29) is 31.0 Å². The third-order valence-electron chi connectivity index (χ3n) is 4.27. The van der Waals surface area contributed by atoms with Gasteiger partial charge in [0.05, 0.1) is 6.42 Å². The number of ketones is 1. The Morgan fingerprint density at radius 2 is 1.75 bits per heavy atom. The summed E-state index contributed by atoms with van der Waals surface area (Å²) in [5.41, 5.74) is 2.22. The van der Waals surface area contributed by atoms with Crippen LogP contribution in [0.5, 0.6) is 0 Å². The predicted molar refractivity (Wildman–Crippen MR) is 103 cm³/mol. The van der Waals surface area contributed by atoms with Gasteiger partial charge in [-0.05, 0) is 31.5 Å². The number of carbonyl (C=O) groups is 3. The number of esters is 1. The monoisotopic (exact) mass is 385 g/mol.